The van der Waals surface area contributed by atoms with Gasteiger partial charge >= 0.3 is 0 Å². The van der Waals surface area contributed by atoms with E-state index < -0.39 is 0 Å². The first kappa shape index (κ1) is 22.2. The Hall–Kier alpha value is -1.10. The highest BCUT2D eigenvalue weighted by atomic mass is 16.7. The molecule has 0 amide bonds. The van der Waals surface area contributed by atoms with E-state index in [1.54, 1.807) is 7.11 Å². The van der Waals surface area contributed by atoms with Crippen LogP contribution in [0.2, 0.25) is 0 Å². The maximum atomic E-state index is 5.77. The molecule has 1 fully saturated rings. The second kappa shape index (κ2) is 14.9. The fourth-order valence-electron chi connectivity index (χ4n) is 3.34. The molecule has 1 unspecified atom stereocenters. The fourth-order valence-corrected chi connectivity index (χ4v) is 3.34. The molecular weight excluding hydrogens is 340 g/mol. The van der Waals surface area contributed by atoms with Gasteiger partial charge in [0, 0.05) is 19.8 Å². The number of rotatable bonds is 15. The second-order valence-electron chi connectivity index (χ2n) is 7.40. The summed E-state index contributed by atoms with van der Waals surface area (Å²) in [6.45, 7) is 3.28. The van der Waals surface area contributed by atoms with Crippen molar-refractivity contribution in [1.82, 2.24) is 0 Å². The maximum Gasteiger partial charge on any atom is 0.157 e. The van der Waals surface area contributed by atoms with Gasteiger partial charge in [0.2, 0.25) is 0 Å². The molecule has 154 valence electrons. The Kier molecular flexibility index (Phi) is 12.2. The van der Waals surface area contributed by atoms with Crippen LogP contribution in [-0.2, 0) is 20.8 Å². The van der Waals surface area contributed by atoms with Crippen molar-refractivity contribution < 1.29 is 18.9 Å². The number of methoxy groups -OCH3 is 1. The molecule has 1 aliphatic rings. The molecule has 0 aromatic heterocycles. The minimum Gasteiger partial charge on any atom is -0.497 e. The van der Waals surface area contributed by atoms with E-state index in [4.69, 9.17) is 18.9 Å². The lowest BCUT2D eigenvalue weighted by Gasteiger charge is -2.22. The molecule has 0 N–H and O–H groups in total. The summed E-state index contributed by atoms with van der Waals surface area (Å²) in [7, 11) is 1.69. The van der Waals surface area contributed by atoms with E-state index in [0.29, 0.717) is 6.61 Å². The molecule has 4 heteroatoms. The lowest BCUT2D eigenvalue weighted by molar-refractivity contribution is -0.162. The minimum atomic E-state index is 0.0747. The van der Waals surface area contributed by atoms with Gasteiger partial charge in [-0.25, -0.2) is 0 Å². The van der Waals surface area contributed by atoms with Crippen LogP contribution in [0.1, 0.15) is 76.2 Å². The Bertz CT molecular complexity index is 454. The van der Waals surface area contributed by atoms with E-state index in [1.165, 1.54) is 63.4 Å². The zero-order chi connectivity index (χ0) is 19.0. The highest BCUT2D eigenvalue weighted by Crippen LogP contribution is 2.15. The van der Waals surface area contributed by atoms with Crippen molar-refractivity contribution in [3.05, 3.63) is 29.8 Å². The van der Waals surface area contributed by atoms with Gasteiger partial charge < -0.3 is 18.9 Å². The summed E-state index contributed by atoms with van der Waals surface area (Å²) in [6.07, 6.45) is 13.8. The predicted octanol–water partition coefficient (Wildman–Crippen LogP) is 5.88. The Morgan fingerprint density at radius 1 is 0.852 bits per heavy atom. The molecule has 1 aromatic carbocycles. The smallest absolute Gasteiger partial charge is 0.157 e. The Labute approximate surface area is 165 Å². The molecule has 1 saturated heterocycles. The van der Waals surface area contributed by atoms with Crippen molar-refractivity contribution in [2.45, 2.75) is 83.5 Å². The van der Waals surface area contributed by atoms with E-state index >= 15 is 0 Å². The quantitative estimate of drug-likeness (QED) is 0.357. The molecule has 4 nitrogen and oxygen atoms in total. The van der Waals surface area contributed by atoms with Crippen LogP contribution in [0.15, 0.2) is 24.3 Å². The number of ether oxygens (including phenoxy) is 4. The Morgan fingerprint density at radius 3 is 2.15 bits per heavy atom. The summed E-state index contributed by atoms with van der Waals surface area (Å²) >= 11 is 0. The number of hydrogen-bond donors (Lipinski definition) is 0. The van der Waals surface area contributed by atoms with Gasteiger partial charge in [-0.15, -0.1) is 0 Å². The molecule has 2 rings (SSSR count). The third-order valence-corrected chi connectivity index (χ3v) is 5.05. The highest BCUT2D eigenvalue weighted by Gasteiger charge is 2.13. The zero-order valence-corrected chi connectivity index (χ0v) is 17.1. The van der Waals surface area contributed by atoms with Gasteiger partial charge in [0.25, 0.3) is 0 Å². The second-order valence-corrected chi connectivity index (χ2v) is 7.40. The van der Waals surface area contributed by atoms with E-state index in [-0.39, 0.29) is 6.29 Å². The largest absolute Gasteiger partial charge is 0.497 e. The monoisotopic (exact) mass is 378 g/mol. The van der Waals surface area contributed by atoms with Gasteiger partial charge in [-0.2, -0.15) is 0 Å². The van der Waals surface area contributed by atoms with Crippen LogP contribution in [0.25, 0.3) is 0 Å². The predicted molar refractivity (Wildman–Crippen MR) is 109 cm³/mol. The summed E-state index contributed by atoms with van der Waals surface area (Å²) in [5.41, 5.74) is 1.20. The van der Waals surface area contributed by atoms with Gasteiger partial charge in [-0.3, -0.25) is 0 Å². The van der Waals surface area contributed by atoms with E-state index in [2.05, 4.69) is 12.1 Å². The molecule has 1 aromatic rings. The van der Waals surface area contributed by atoms with Crippen molar-refractivity contribution in [2.24, 2.45) is 0 Å². The third kappa shape index (κ3) is 10.7. The lowest BCUT2D eigenvalue weighted by Crippen LogP contribution is -2.22. The van der Waals surface area contributed by atoms with Gasteiger partial charge in [0.1, 0.15) is 5.75 Å². The van der Waals surface area contributed by atoms with Crippen molar-refractivity contribution in [2.75, 3.05) is 26.9 Å². The van der Waals surface area contributed by atoms with Crippen molar-refractivity contribution in [1.29, 1.82) is 0 Å². The number of benzene rings is 1. The molecule has 0 radical (unpaired) electrons. The molecule has 0 aliphatic carbocycles. The number of unbranched alkanes of at least 4 members (excludes halogenated alkanes) is 7. The molecule has 0 bridgehead atoms. The molecule has 0 spiro atoms. The van der Waals surface area contributed by atoms with Crippen LogP contribution < -0.4 is 4.74 Å². The standard InChI is InChI=1S/C23H38O4/c1-24-22-15-13-21(14-16-22)20-25-17-9-6-4-2-3-5-7-10-18-26-23-12-8-11-19-27-23/h13-16,23H,2-12,17-20H2,1H3. The summed E-state index contributed by atoms with van der Waals surface area (Å²) < 4.78 is 22.3. The average molecular weight is 379 g/mol. The van der Waals surface area contributed by atoms with Crippen LogP contribution in [-0.4, -0.2) is 33.2 Å². The molecule has 27 heavy (non-hydrogen) atoms. The van der Waals surface area contributed by atoms with E-state index in [0.717, 1.165) is 38.4 Å². The normalized spacial score (nSPS) is 17.1. The third-order valence-electron chi connectivity index (χ3n) is 5.05. The van der Waals surface area contributed by atoms with Gasteiger partial charge in [-0.05, 0) is 49.8 Å². The van der Waals surface area contributed by atoms with Crippen LogP contribution in [0, 0.1) is 0 Å². The number of hydrogen-bond acceptors (Lipinski definition) is 4. The first-order valence-corrected chi connectivity index (χ1v) is 10.8. The van der Waals surface area contributed by atoms with Crippen molar-refractivity contribution in [3.63, 3.8) is 0 Å². The van der Waals surface area contributed by atoms with Crippen LogP contribution >= 0.6 is 0 Å². The summed E-state index contributed by atoms with van der Waals surface area (Å²) in [6, 6.07) is 8.08. The summed E-state index contributed by atoms with van der Waals surface area (Å²) in [5.74, 6) is 0.893. The zero-order valence-electron chi connectivity index (χ0n) is 17.1. The molecular formula is C23H38O4. The van der Waals surface area contributed by atoms with Gasteiger partial charge in [0.15, 0.2) is 6.29 Å². The Balaban J connectivity index is 1.29. The fraction of sp³-hybridized carbons (Fsp3) is 0.739. The summed E-state index contributed by atoms with van der Waals surface area (Å²) in [5, 5.41) is 0. The minimum absolute atomic E-state index is 0.0747. The van der Waals surface area contributed by atoms with E-state index in [9.17, 15) is 0 Å². The first-order chi connectivity index (χ1) is 13.4. The topological polar surface area (TPSA) is 36.9 Å². The maximum absolute atomic E-state index is 5.77. The lowest BCUT2D eigenvalue weighted by atomic mass is 10.1. The first-order valence-electron chi connectivity index (χ1n) is 10.8. The van der Waals surface area contributed by atoms with Gasteiger partial charge in [-0.1, -0.05) is 50.7 Å². The van der Waals surface area contributed by atoms with Crippen LogP contribution in [0.3, 0.4) is 0 Å². The highest BCUT2D eigenvalue weighted by molar-refractivity contribution is 5.26. The SMILES string of the molecule is COc1ccc(COCCCCCCCCCCOC2CCCCO2)cc1. The van der Waals surface area contributed by atoms with E-state index in [1.807, 2.05) is 12.1 Å². The molecule has 0 saturated carbocycles. The molecule has 1 atom stereocenters. The van der Waals surface area contributed by atoms with Crippen molar-refractivity contribution >= 4 is 0 Å². The summed E-state index contributed by atoms with van der Waals surface area (Å²) in [4.78, 5) is 0. The Morgan fingerprint density at radius 2 is 1.52 bits per heavy atom. The van der Waals surface area contributed by atoms with Gasteiger partial charge in [0.05, 0.1) is 13.7 Å². The molecule has 1 aliphatic heterocycles. The van der Waals surface area contributed by atoms with Crippen molar-refractivity contribution in [3.8, 4) is 5.75 Å². The van der Waals surface area contributed by atoms with Crippen LogP contribution in [0.5, 0.6) is 5.75 Å². The average Bonchev–Trinajstić information content (AvgIpc) is 2.72. The van der Waals surface area contributed by atoms with Crippen LogP contribution in [0.4, 0.5) is 0 Å². The molecule has 1 heterocycles.